The zero-order valence-corrected chi connectivity index (χ0v) is 12.4. The average molecular weight is 283 g/mol. The normalized spacial score (nSPS) is 27.3. The molecule has 2 rings (SSSR count). The van der Waals surface area contributed by atoms with Crippen molar-refractivity contribution >= 4 is 9.84 Å². The second kappa shape index (κ2) is 4.80. The third-order valence-corrected chi connectivity index (χ3v) is 5.62. The van der Waals surface area contributed by atoms with Crippen LogP contribution in [0.1, 0.15) is 37.4 Å². The van der Waals surface area contributed by atoms with E-state index in [9.17, 15) is 13.5 Å². The Morgan fingerprint density at radius 1 is 1.42 bits per heavy atom. The third kappa shape index (κ3) is 3.28. The lowest BCUT2D eigenvalue weighted by Crippen LogP contribution is -2.44. The van der Waals surface area contributed by atoms with Gasteiger partial charge in [0.25, 0.3) is 0 Å². The molecule has 2 unspecified atom stereocenters. The van der Waals surface area contributed by atoms with Crippen LogP contribution in [0.25, 0.3) is 0 Å². The van der Waals surface area contributed by atoms with Crippen LogP contribution in [0.4, 0.5) is 0 Å². The Labute approximate surface area is 114 Å². The van der Waals surface area contributed by atoms with Crippen LogP contribution in [-0.2, 0) is 9.84 Å². The van der Waals surface area contributed by atoms with E-state index in [2.05, 4.69) is 5.32 Å². The second-order valence-corrected chi connectivity index (χ2v) is 8.02. The van der Waals surface area contributed by atoms with E-state index < -0.39 is 15.4 Å². The van der Waals surface area contributed by atoms with Crippen LogP contribution in [0.3, 0.4) is 0 Å². The number of rotatable bonds is 3. The van der Waals surface area contributed by atoms with Gasteiger partial charge in [-0.2, -0.15) is 0 Å². The molecule has 2 N–H and O–H groups in total. The molecule has 0 saturated carbocycles. The first-order valence-electron chi connectivity index (χ1n) is 6.48. The van der Waals surface area contributed by atoms with Gasteiger partial charge in [-0.1, -0.05) is 12.1 Å². The molecule has 2 atom stereocenters. The third-order valence-electron chi connectivity index (χ3n) is 3.72. The molecule has 0 aliphatic carbocycles. The highest BCUT2D eigenvalue weighted by Gasteiger charge is 2.39. The number of aryl methyl sites for hydroxylation is 1. The fourth-order valence-electron chi connectivity index (χ4n) is 2.74. The van der Waals surface area contributed by atoms with E-state index in [1.807, 2.05) is 32.9 Å². The Balaban J connectivity index is 2.15. The van der Waals surface area contributed by atoms with Gasteiger partial charge in [0.15, 0.2) is 9.84 Å². The molecule has 0 spiro atoms. The van der Waals surface area contributed by atoms with Gasteiger partial charge in [-0.05, 0) is 38.8 Å². The number of phenolic OH excluding ortho intramolecular Hbond substituents is 1. The van der Waals surface area contributed by atoms with Crippen molar-refractivity contribution in [2.75, 3.05) is 11.5 Å². The summed E-state index contributed by atoms with van der Waals surface area (Å²) in [5.41, 5.74) is 1.40. The van der Waals surface area contributed by atoms with E-state index >= 15 is 0 Å². The van der Waals surface area contributed by atoms with Crippen molar-refractivity contribution in [2.24, 2.45) is 0 Å². The summed E-state index contributed by atoms with van der Waals surface area (Å²) in [5.74, 6) is 0.657. The van der Waals surface area contributed by atoms with E-state index in [1.165, 1.54) is 0 Å². The molecule has 4 nitrogen and oxygen atoms in total. The van der Waals surface area contributed by atoms with Gasteiger partial charge in [0.1, 0.15) is 5.75 Å². The van der Waals surface area contributed by atoms with Crippen molar-refractivity contribution in [3.63, 3.8) is 0 Å². The highest BCUT2D eigenvalue weighted by atomic mass is 32.2. The van der Waals surface area contributed by atoms with E-state index in [0.29, 0.717) is 6.42 Å². The minimum Gasteiger partial charge on any atom is -0.508 e. The molecular formula is C14H21NO3S. The smallest absolute Gasteiger partial charge is 0.152 e. The summed E-state index contributed by atoms with van der Waals surface area (Å²) in [6.07, 6.45) is 0.617. The van der Waals surface area contributed by atoms with Gasteiger partial charge in [-0.3, -0.25) is 0 Å². The lowest BCUT2D eigenvalue weighted by Gasteiger charge is -2.29. The van der Waals surface area contributed by atoms with E-state index in [-0.39, 0.29) is 23.3 Å². The number of hydrogen-bond donors (Lipinski definition) is 2. The van der Waals surface area contributed by atoms with E-state index in [4.69, 9.17) is 0 Å². The predicted molar refractivity (Wildman–Crippen MR) is 76.1 cm³/mol. The van der Waals surface area contributed by atoms with Crippen molar-refractivity contribution in [1.29, 1.82) is 0 Å². The van der Waals surface area contributed by atoms with Crippen molar-refractivity contribution in [2.45, 2.75) is 38.8 Å². The molecule has 0 bridgehead atoms. The minimum atomic E-state index is -2.92. The van der Waals surface area contributed by atoms with Crippen LogP contribution in [0.2, 0.25) is 0 Å². The Morgan fingerprint density at radius 2 is 2.11 bits per heavy atom. The number of hydrogen-bond acceptors (Lipinski definition) is 4. The number of benzene rings is 1. The van der Waals surface area contributed by atoms with Crippen LogP contribution < -0.4 is 5.32 Å². The lowest BCUT2D eigenvalue weighted by atomic mass is 9.97. The molecule has 1 aliphatic heterocycles. The lowest BCUT2D eigenvalue weighted by molar-refractivity contribution is 0.348. The highest BCUT2D eigenvalue weighted by molar-refractivity contribution is 7.91. The maximum atomic E-state index is 11.6. The fourth-order valence-corrected chi connectivity index (χ4v) is 4.85. The standard InChI is InChI=1S/C14H21NO3S/c1-10-4-5-12(13(16)8-10)11(2)15-14(3)6-7-19(17,18)9-14/h4-5,8,11,15-16H,6-7,9H2,1-3H3. The van der Waals surface area contributed by atoms with Crippen LogP contribution in [0, 0.1) is 6.92 Å². The zero-order chi connectivity index (χ0) is 14.3. The largest absolute Gasteiger partial charge is 0.508 e. The number of phenols is 1. The molecule has 5 heteroatoms. The molecule has 0 aromatic heterocycles. The summed E-state index contributed by atoms with van der Waals surface area (Å²) in [5, 5.41) is 13.3. The van der Waals surface area contributed by atoms with Gasteiger partial charge >= 0.3 is 0 Å². The molecule has 0 radical (unpaired) electrons. The van der Waals surface area contributed by atoms with Crippen LogP contribution in [0.5, 0.6) is 5.75 Å². The maximum absolute atomic E-state index is 11.6. The summed E-state index contributed by atoms with van der Waals surface area (Å²) < 4.78 is 23.2. The molecule has 1 fully saturated rings. The topological polar surface area (TPSA) is 66.4 Å². The van der Waals surface area contributed by atoms with Gasteiger partial charge in [0.05, 0.1) is 11.5 Å². The Bertz CT molecular complexity index is 582. The first-order chi connectivity index (χ1) is 8.71. The maximum Gasteiger partial charge on any atom is 0.152 e. The van der Waals surface area contributed by atoms with Gasteiger partial charge < -0.3 is 10.4 Å². The summed E-state index contributed by atoms with van der Waals surface area (Å²) in [7, 11) is -2.92. The molecule has 1 aliphatic rings. The number of nitrogens with one attached hydrogen (secondary N) is 1. The fraction of sp³-hybridized carbons (Fsp3) is 0.571. The van der Waals surface area contributed by atoms with Crippen LogP contribution >= 0.6 is 0 Å². The summed E-state index contributed by atoms with van der Waals surface area (Å²) in [6.45, 7) is 5.80. The molecule has 106 valence electrons. The number of aromatic hydroxyl groups is 1. The Hall–Kier alpha value is -1.07. The molecule has 1 aromatic rings. The first kappa shape index (κ1) is 14.3. The molecule has 19 heavy (non-hydrogen) atoms. The molecule has 1 aromatic carbocycles. The van der Waals surface area contributed by atoms with Crippen molar-refractivity contribution in [3.05, 3.63) is 29.3 Å². The monoisotopic (exact) mass is 283 g/mol. The molecule has 1 heterocycles. The highest BCUT2D eigenvalue weighted by Crippen LogP contribution is 2.30. The van der Waals surface area contributed by atoms with Crippen molar-refractivity contribution < 1.29 is 13.5 Å². The van der Waals surface area contributed by atoms with Gasteiger partial charge in [-0.25, -0.2) is 8.42 Å². The first-order valence-corrected chi connectivity index (χ1v) is 8.31. The van der Waals surface area contributed by atoms with Crippen molar-refractivity contribution in [3.8, 4) is 5.75 Å². The summed E-state index contributed by atoms with van der Waals surface area (Å²) in [4.78, 5) is 0. The van der Waals surface area contributed by atoms with E-state index in [1.54, 1.807) is 6.07 Å². The number of sulfone groups is 1. The summed E-state index contributed by atoms with van der Waals surface area (Å²) >= 11 is 0. The quantitative estimate of drug-likeness (QED) is 0.889. The molecule has 1 saturated heterocycles. The van der Waals surface area contributed by atoms with Crippen LogP contribution in [0.15, 0.2) is 18.2 Å². The van der Waals surface area contributed by atoms with E-state index in [0.717, 1.165) is 11.1 Å². The molecule has 0 amide bonds. The van der Waals surface area contributed by atoms with Gasteiger partial charge in [0, 0.05) is 17.1 Å². The molecular weight excluding hydrogens is 262 g/mol. The Morgan fingerprint density at radius 3 is 2.63 bits per heavy atom. The summed E-state index contributed by atoms with van der Waals surface area (Å²) in [6, 6.07) is 5.47. The van der Waals surface area contributed by atoms with Gasteiger partial charge in [-0.15, -0.1) is 0 Å². The minimum absolute atomic E-state index is 0.0844. The predicted octanol–water partition coefficient (Wildman–Crippen LogP) is 1.93. The zero-order valence-electron chi connectivity index (χ0n) is 11.6. The second-order valence-electron chi connectivity index (χ2n) is 5.83. The SMILES string of the molecule is Cc1ccc(C(C)NC2(C)CCS(=O)(=O)C2)c(O)c1. The Kier molecular flexibility index (Phi) is 3.62. The van der Waals surface area contributed by atoms with Crippen LogP contribution in [-0.4, -0.2) is 30.6 Å². The van der Waals surface area contributed by atoms with Gasteiger partial charge in [0.2, 0.25) is 0 Å². The van der Waals surface area contributed by atoms with Crippen molar-refractivity contribution in [1.82, 2.24) is 5.32 Å². The average Bonchev–Trinajstić information content (AvgIpc) is 2.52.